The van der Waals surface area contributed by atoms with Gasteiger partial charge in [-0.2, -0.15) is 0 Å². The summed E-state index contributed by atoms with van der Waals surface area (Å²) >= 11 is 1.27. The number of anilines is 1. The van der Waals surface area contributed by atoms with E-state index in [1.54, 1.807) is 18.5 Å². The highest BCUT2D eigenvalue weighted by Crippen LogP contribution is 2.28. The molecule has 0 saturated carbocycles. The highest BCUT2D eigenvalue weighted by atomic mass is 32.1. The van der Waals surface area contributed by atoms with E-state index in [0.29, 0.717) is 39.7 Å². The summed E-state index contributed by atoms with van der Waals surface area (Å²) < 4.78 is 0. The Balaban J connectivity index is 1.69. The van der Waals surface area contributed by atoms with E-state index in [-0.39, 0.29) is 11.9 Å². The molecule has 0 spiro atoms. The molecule has 3 aromatic heterocycles. The minimum absolute atomic E-state index is 0.116. The number of aromatic nitrogens is 3. The molecule has 1 amide bonds. The molecular weight excluding hydrogens is 414 g/mol. The lowest BCUT2D eigenvalue weighted by Crippen LogP contribution is -2.23. The van der Waals surface area contributed by atoms with E-state index < -0.39 is 0 Å². The van der Waals surface area contributed by atoms with Crippen molar-refractivity contribution in [3.8, 4) is 0 Å². The van der Waals surface area contributed by atoms with Crippen LogP contribution >= 0.6 is 11.3 Å². The molecule has 10 heteroatoms. The SMILES string of the molecule is CCNC(=O)c1cc2c(/C(=N\OCCN3CCCC3)c3ccncc3)nc(N)nc2s1. The van der Waals surface area contributed by atoms with Crippen LogP contribution in [0.5, 0.6) is 0 Å². The molecule has 4 rings (SSSR count). The average molecular weight is 440 g/mol. The predicted molar refractivity (Wildman–Crippen MR) is 121 cm³/mol. The number of likely N-dealkylation sites (tertiary alicyclic amines) is 1. The van der Waals surface area contributed by atoms with Crippen LogP contribution in [-0.4, -0.2) is 64.3 Å². The van der Waals surface area contributed by atoms with Gasteiger partial charge in [0.15, 0.2) is 0 Å². The molecule has 1 saturated heterocycles. The van der Waals surface area contributed by atoms with E-state index in [0.717, 1.165) is 25.2 Å². The van der Waals surface area contributed by atoms with Gasteiger partial charge in [-0.05, 0) is 51.1 Å². The molecule has 3 N–H and O–H groups in total. The van der Waals surface area contributed by atoms with Crippen molar-refractivity contribution in [1.82, 2.24) is 25.2 Å². The number of fused-ring (bicyclic) bond motifs is 1. The molecule has 0 aliphatic carbocycles. The first kappa shape index (κ1) is 21.1. The second-order valence-electron chi connectivity index (χ2n) is 7.18. The van der Waals surface area contributed by atoms with E-state index in [1.807, 2.05) is 19.1 Å². The zero-order chi connectivity index (χ0) is 21.6. The number of rotatable bonds is 8. The molecule has 31 heavy (non-hydrogen) atoms. The Hall–Kier alpha value is -3.11. The predicted octanol–water partition coefficient (Wildman–Crippen LogP) is 2.28. The molecule has 162 valence electrons. The summed E-state index contributed by atoms with van der Waals surface area (Å²) in [5.74, 6) is -0.0371. The number of nitrogens with zero attached hydrogens (tertiary/aromatic N) is 5. The lowest BCUT2D eigenvalue weighted by atomic mass is 10.1. The van der Waals surface area contributed by atoms with Crippen LogP contribution in [0.2, 0.25) is 0 Å². The molecule has 1 aliphatic heterocycles. The van der Waals surface area contributed by atoms with Crippen LogP contribution in [0, 0.1) is 0 Å². The van der Waals surface area contributed by atoms with Crippen molar-refractivity contribution in [1.29, 1.82) is 0 Å². The number of hydrogen-bond donors (Lipinski definition) is 2. The fourth-order valence-electron chi connectivity index (χ4n) is 3.51. The first-order valence-electron chi connectivity index (χ1n) is 10.3. The van der Waals surface area contributed by atoms with Gasteiger partial charge in [0.05, 0.1) is 4.88 Å². The fourth-order valence-corrected chi connectivity index (χ4v) is 4.46. The molecule has 1 fully saturated rings. The average Bonchev–Trinajstić information content (AvgIpc) is 3.44. The first-order chi connectivity index (χ1) is 15.2. The van der Waals surface area contributed by atoms with Gasteiger partial charge in [0.1, 0.15) is 22.8 Å². The van der Waals surface area contributed by atoms with Gasteiger partial charge < -0.3 is 15.9 Å². The highest BCUT2D eigenvalue weighted by molar-refractivity contribution is 7.20. The van der Waals surface area contributed by atoms with Gasteiger partial charge in [0.25, 0.3) is 5.91 Å². The molecule has 1 aliphatic rings. The van der Waals surface area contributed by atoms with Crippen molar-refractivity contribution >= 4 is 39.1 Å². The van der Waals surface area contributed by atoms with E-state index in [9.17, 15) is 4.79 Å². The topological polar surface area (TPSA) is 119 Å². The van der Waals surface area contributed by atoms with Crippen LogP contribution in [0.15, 0.2) is 35.7 Å². The lowest BCUT2D eigenvalue weighted by Gasteiger charge is -2.13. The van der Waals surface area contributed by atoms with Gasteiger partial charge >= 0.3 is 0 Å². The van der Waals surface area contributed by atoms with E-state index in [4.69, 9.17) is 10.6 Å². The summed E-state index contributed by atoms with van der Waals surface area (Å²) in [6.45, 7) is 5.93. The molecule has 9 nitrogen and oxygen atoms in total. The zero-order valence-corrected chi connectivity index (χ0v) is 18.2. The van der Waals surface area contributed by atoms with Crippen molar-refractivity contribution in [2.24, 2.45) is 5.16 Å². The van der Waals surface area contributed by atoms with Gasteiger partial charge in [0, 0.05) is 36.4 Å². The smallest absolute Gasteiger partial charge is 0.261 e. The number of amides is 1. The maximum absolute atomic E-state index is 12.3. The number of nitrogen functional groups attached to an aromatic ring is 1. The van der Waals surface area contributed by atoms with Gasteiger partial charge in [-0.25, -0.2) is 9.97 Å². The molecule has 0 atom stereocenters. The third-order valence-corrected chi connectivity index (χ3v) is 6.03. The van der Waals surface area contributed by atoms with Crippen LogP contribution in [0.25, 0.3) is 10.2 Å². The minimum Gasteiger partial charge on any atom is -0.394 e. The molecule has 0 unspecified atom stereocenters. The number of pyridine rings is 1. The van der Waals surface area contributed by atoms with Crippen molar-refractivity contribution in [2.75, 3.05) is 38.5 Å². The van der Waals surface area contributed by atoms with Gasteiger partial charge in [-0.1, -0.05) is 5.16 Å². The number of hydrogen-bond acceptors (Lipinski definition) is 9. The van der Waals surface area contributed by atoms with Crippen LogP contribution in [0.4, 0.5) is 5.95 Å². The Morgan fingerprint density at radius 2 is 2.06 bits per heavy atom. The number of carbonyl (C=O) groups excluding carboxylic acids is 1. The maximum atomic E-state index is 12.3. The standard InChI is InChI=1S/C21H25N7O2S/c1-2-24-19(29)16-13-15-18(25-21(22)26-20(15)31-16)17(14-5-7-23-8-6-14)27-30-12-11-28-9-3-4-10-28/h5-8,13H,2-4,9-12H2,1H3,(H,24,29)(H2,22,25,26)/b27-17-. The van der Waals surface area contributed by atoms with E-state index in [2.05, 4.69) is 30.3 Å². The quantitative estimate of drug-likeness (QED) is 0.314. The van der Waals surface area contributed by atoms with Crippen LogP contribution in [-0.2, 0) is 4.84 Å². The van der Waals surface area contributed by atoms with Crippen molar-refractivity contribution in [3.05, 3.63) is 46.7 Å². The lowest BCUT2D eigenvalue weighted by molar-refractivity contribution is 0.0960. The second-order valence-corrected chi connectivity index (χ2v) is 8.21. The molecule has 0 bridgehead atoms. The summed E-state index contributed by atoms with van der Waals surface area (Å²) in [5, 5.41) is 7.95. The van der Waals surface area contributed by atoms with Crippen LogP contribution < -0.4 is 11.1 Å². The summed E-state index contributed by atoms with van der Waals surface area (Å²) in [7, 11) is 0. The number of thiophene rings is 1. The van der Waals surface area contributed by atoms with Gasteiger partial charge in [-0.15, -0.1) is 11.3 Å². The Morgan fingerprint density at radius 3 is 2.81 bits per heavy atom. The molecule has 0 aromatic carbocycles. The molecule has 4 heterocycles. The van der Waals surface area contributed by atoms with Gasteiger partial charge in [-0.3, -0.25) is 14.7 Å². The second kappa shape index (κ2) is 9.80. The molecule has 0 radical (unpaired) electrons. The van der Waals surface area contributed by atoms with Crippen LogP contribution in [0.1, 0.15) is 40.7 Å². The summed E-state index contributed by atoms with van der Waals surface area (Å²) in [5.41, 5.74) is 7.84. The largest absolute Gasteiger partial charge is 0.394 e. The third-order valence-electron chi connectivity index (χ3n) is 5.00. The zero-order valence-electron chi connectivity index (χ0n) is 17.4. The van der Waals surface area contributed by atoms with E-state index >= 15 is 0 Å². The normalized spacial score (nSPS) is 14.8. The Bertz CT molecular complexity index is 1080. The van der Waals surface area contributed by atoms with Crippen molar-refractivity contribution in [3.63, 3.8) is 0 Å². The molecule has 3 aromatic rings. The molecular formula is C21H25N7O2S. The van der Waals surface area contributed by atoms with Crippen molar-refractivity contribution in [2.45, 2.75) is 19.8 Å². The number of nitrogens with two attached hydrogens (primary N) is 1. The number of nitrogens with one attached hydrogen (secondary N) is 1. The Kier molecular flexibility index (Phi) is 6.68. The monoisotopic (exact) mass is 439 g/mol. The Labute approximate surface area is 184 Å². The van der Waals surface area contributed by atoms with Crippen LogP contribution in [0.3, 0.4) is 0 Å². The minimum atomic E-state index is -0.153. The van der Waals surface area contributed by atoms with Crippen molar-refractivity contribution < 1.29 is 9.63 Å². The maximum Gasteiger partial charge on any atom is 0.261 e. The summed E-state index contributed by atoms with van der Waals surface area (Å²) in [4.78, 5) is 34.4. The van der Waals surface area contributed by atoms with E-state index in [1.165, 1.54) is 24.2 Å². The third kappa shape index (κ3) is 4.97. The number of carbonyl (C=O) groups is 1. The summed E-state index contributed by atoms with van der Waals surface area (Å²) in [6.07, 6.45) is 5.83. The first-order valence-corrected chi connectivity index (χ1v) is 11.2. The fraction of sp³-hybridized carbons (Fsp3) is 0.381. The number of oxime groups is 1. The Morgan fingerprint density at radius 1 is 1.29 bits per heavy atom. The van der Waals surface area contributed by atoms with Gasteiger partial charge in [0.2, 0.25) is 5.95 Å². The highest BCUT2D eigenvalue weighted by Gasteiger charge is 2.20. The summed E-state index contributed by atoms with van der Waals surface area (Å²) in [6, 6.07) is 5.45.